The lowest BCUT2D eigenvalue weighted by Crippen LogP contribution is -2.11. The van der Waals surface area contributed by atoms with Crippen LogP contribution in [0.1, 0.15) is 27.3 Å². The standard InChI is InChI=1S/C15H16ClNOS/c16-12-4-5-14(18)11(6-12)8-17-9-13-7-10-2-1-3-15(10)19-13/h4-7,17-18H,1-3,8-9H2. The van der Waals surface area contributed by atoms with Gasteiger partial charge in [-0.05, 0) is 49.1 Å². The molecule has 1 aliphatic rings. The van der Waals surface area contributed by atoms with Crippen LogP contribution in [0, 0.1) is 0 Å². The van der Waals surface area contributed by atoms with Crippen molar-refractivity contribution in [3.63, 3.8) is 0 Å². The maximum Gasteiger partial charge on any atom is 0.120 e. The Morgan fingerprint density at radius 2 is 2.11 bits per heavy atom. The van der Waals surface area contributed by atoms with Crippen molar-refractivity contribution in [2.75, 3.05) is 0 Å². The summed E-state index contributed by atoms with van der Waals surface area (Å²) in [5.41, 5.74) is 2.38. The van der Waals surface area contributed by atoms with Gasteiger partial charge in [-0.2, -0.15) is 0 Å². The number of hydrogen-bond donors (Lipinski definition) is 2. The summed E-state index contributed by atoms with van der Waals surface area (Å²) in [5, 5.41) is 13.8. The maximum atomic E-state index is 9.73. The number of halogens is 1. The van der Waals surface area contributed by atoms with Crippen LogP contribution >= 0.6 is 22.9 Å². The quantitative estimate of drug-likeness (QED) is 0.896. The number of aromatic hydroxyl groups is 1. The monoisotopic (exact) mass is 293 g/mol. The predicted molar refractivity (Wildman–Crippen MR) is 80.0 cm³/mol. The smallest absolute Gasteiger partial charge is 0.120 e. The van der Waals surface area contributed by atoms with Gasteiger partial charge >= 0.3 is 0 Å². The van der Waals surface area contributed by atoms with E-state index in [4.69, 9.17) is 11.6 Å². The highest BCUT2D eigenvalue weighted by Crippen LogP contribution is 2.30. The second-order valence-electron chi connectivity index (χ2n) is 4.89. The van der Waals surface area contributed by atoms with Crippen LogP contribution in [-0.4, -0.2) is 5.11 Å². The lowest BCUT2D eigenvalue weighted by Gasteiger charge is -2.06. The second kappa shape index (κ2) is 5.53. The molecule has 100 valence electrons. The van der Waals surface area contributed by atoms with Gasteiger partial charge in [-0.1, -0.05) is 11.6 Å². The van der Waals surface area contributed by atoms with E-state index in [0.717, 1.165) is 12.1 Å². The Kier molecular flexibility index (Phi) is 3.78. The van der Waals surface area contributed by atoms with Crippen molar-refractivity contribution in [2.24, 2.45) is 0 Å². The zero-order valence-electron chi connectivity index (χ0n) is 10.6. The van der Waals surface area contributed by atoms with Gasteiger partial charge in [0, 0.05) is 33.4 Å². The third kappa shape index (κ3) is 2.94. The molecule has 19 heavy (non-hydrogen) atoms. The van der Waals surface area contributed by atoms with E-state index in [2.05, 4.69) is 11.4 Å². The molecular formula is C15H16ClNOS. The van der Waals surface area contributed by atoms with Gasteiger partial charge < -0.3 is 10.4 Å². The molecule has 1 heterocycles. The van der Waals surface area contributed by atoms with Gasteiger partial charge in [-0.3, -0.25) is 0 Å². The van der Waals surface area contributed by atoms with Gasteiger partial charge in [-0.25, -0.2) is 0 Å². The topological polar surface area (TPSA) is 32.3 Å². The lowest BCUT2D eigenvalue weighted by molar-refractivity contribution is 0.464. The fourth-order valence-electron chi connectivity index (χ4n) is 2.49. The molecule has 1 aliphatic carbocycles. The summed E-state index contributed by atoms with van der Waals surface area (Å²) in [5.74, 6) is 0.297. The molecule has 0 unspecified atom stereocenters. The number of thiophene rings is 1. The van der Waals surface area contributed by atoms with E-state index in [1.54, 1.807) is 23.1 Å². The molecule has 2 aromatic rings. The fraction of sp³-hybridized carbons (Fsp3) is 0.333. The zero-order valence-corrected chi connectivity index (χ0v) is 12.2. The normalized spacial score (nSPS) is 13.7. The molecule has 1 aromatic heterocycles. The summed E-state index contributed by atoms with van der Waals surface area (Å²) in [4.78, 5) is 2.94. The van der Waals surface area contributed by atoms with E-state index in [1.165, 1.54) is 29.7 Å². The largest absolute Gasteiger partial charge is 0.508 e. The number of aryl methyl sites for hydroxylation is 2. The first-order valence-electron chi connectivity index (χ1n) is 6.51. The van der Waals surface area contributed by atoms with E-state index in [9.17, 15) is 5.11 Å². The molecule has 0 aliphatic heterocycles. The number of hydrogen-bond acceptors (Lipinski definition) is 3. The third-order valence-electron chi connectivity index (χ3n) is 3.45. The molecule has 0 amide bonds. The molecule has 0 bridgehead atoms. The van der Waals surface area contributed by atoms with Crippen molar-refractivity contribution in [3.8, 4) is 5.75 Å². The minimum absolute atomic E-state index is 0.297. The van der Waals surface area contributed by atoms with Crippen molar-refractivity contribution in [1.29, 1.82) is 0 Å². The average molecular weight is 294 g/mol. The Labute approximate surface area is 122 Å². The number of phenolic OH excluding ortho intramolecular Hbond substituents is 1. The zero-order chi connectivity index (χ0) is 13.2. The van der Waals surface area contributed by atoms with Crippen molar-refractivity contribution in [2.45, 2.75) is 32.4 Å². The maximum absolute atomic E-state index is 9.73. The van der Waals surface area contributed by atoms with Gasteiger partial charge in [0.15, 0.2) is 0 Å². The summed E-state index contributed by atoms with van der Waals surface area (Å²) < 4.78 is 0. The first kappa shape index (κ1) is 13.0. The highest BCUT2D eigenvalue weighted by Gasteiger charge is 2.14. The van der Waals surface area contributed by atoms with Gasteiger partial charge in [0.25, 0.3) is 0 Å². The molecule has 0 radical (unpaired) electrons. The molecule has 1 aromatic carbocycles. The van der Waals surface area contributed by atoms with Crippen LogP contribution in [0.5, 0.6) is 5.75 Å². The van der Waals surface area contributed by atoms with E-state index >= 15 is 0 Å². The summed E-state index contributed by atoms with van der Waals surface area (Å²) in [6, 6.07) is 7.46. The van der Waals surface area contributed by atoms with Crippen LogP contribution in [0.3, 0.4) is 0 Å². The highest BCUT2D eigenvalue weighted by molar-refractivity contribution is 7.12. The van der Waals surface area contributed by atoms with Crippen molar-refractivity contribution in [1.82, 2.24) is 5.32 Å². The fourth-order valence-corrected chi connectivity index (χ4v) is 3.92. The van der Waals surface area contributed by atoms with E-state index < -0.39 is 0 Å². The Bertz CT molecular complexity index is 572. The summed E-state index contributed by atoms with van der Waals surface area (Å²) >= 11 is 7.84. The third-order valence-corrected chi connectivity index (χ3v) is 4.93. The van der Waals surface area contributed by atoms with Crippen molar-refractivity contribution < 1.29 is 5.11 Å². The lowest BCUT2D eigenvalue weighted by atomic mass is 10.2. The molecule has 0 spiro atoms. The van der Waals surface area contributed by atoms with Crippen LogP contribution in [0.2, 0.25) is 5.02 Å². The Morgan fingerprint density at radius 3 is 2.95 bits per heavy atom. The number of phenols is 1. The van der Waals surface area contributed by atoms with Gasteiger partial charge in [0.1, 0.15) is 5.75 Å². The second-order valence-corrected chi connectivity index (χ2v) is 6.55. The number of fused-ring (bicyclic) bond motifs is 1. The molecular weight excluding hydrogens is 278 g/mol. The minimum Gasteiger partial charge on any atom is -0.508 e. The molecule has 2 nitrogen and oxygen atoms in total. The van der Waals surface area contributed by atoms with E-state index in [0.29, 0.717) is 17.3 Å². The molecule has 0 fully saturated rings. The Morgan fingerprint density at radius 1 is 1.21 bits per heavy atom. The molecule has 0 saturated heterocycles. The predicted octanol–water partition coefficient (Wildman–Crippen LogP) is 3.89. The molecule has 3 rings (SSSR count). The van der Waals surface area contributed by atoms with Crippen molar-refractivity contribution >= 4 is 22.9 Å². The van der Waals surface area contributed by atoms with Crippen LogP contribution in [0.15, 0.2) is 24.3 Å². The van der Waals surface area contributed by atoms with Crippen LogP contribution in [0.4, 0.5) is 0 Å². The van der Waals surface area contributed by atoms with Crippen LogP contribution in [-0.2, 0) is 25.9 Å². The van der Waals surface area contributed by atoms with Crippen LogP contribution in [0.25, 0.3) is 0 Å². The van der Waals surface area contributed by atoms with Crippen molar-refractivity contribution in [3.05, 3.63) is 50.2 Å². The number of benzene rings is 1. The molecule has 4 heteroatoms. The summed E-state index contributed by atoms with van der Waals surface area (Å²) in [6.07, 6.45) is 3.79. The van der Waals surface area contributed by atoms with E-state index in [-0.39, 0.29) is 0 Å². The first-order valence-corrected chi connectivity index (χ1v) is 7.70. The average Bonchev–Trinajstić information content (AvgIpc) is 2.94. The molecule has 0 saturated carbocycles. The Balaban J connectivity index is 1.59. The number of nitrogens with one attached hydrogen (secondary N) is 1. The molecule has 0 atom stereocenters. The van der Waals surface area contributed by atoms with E-state index in [1.807, 2.05) is 11.3 Å². The number of rotatable bonds is 4. The van der Waals surface area contributed by atoms with Gasteiger partial charge in [0.05, 0.1) is 0 Å². The Hall–Kier alpha value is -1.03. The van der Waals surface area contributed by atoms with Crippen LogP contribution < -0.4 is 5.32 Å². The SMILES string of the molecule is Oc1ccc(Cl)cc1CNCc1cc2c(s1)CCC2. The molecule has 2 N–H and O–H groups in total. The van der Waals surface area contributed by atoms with Gasteiger partial charge in [-0.15, -0.1) is 11.3 Å². The highest BCUT2D eigenvalue weighted by atomic mass is 35.5. The summed E-state index contributed by atoms with van der Waals surface area (Å²) in [7, 11) is 0. The minimum atomic E-state index is 0.297. The summed E-state index contributed by atoms with van der Waals surface area (Å²) in [6.45, 7) is 1.48. The van der Waals surface area contributed by atoms with Gasteiger partial charge in [0.2, 0.25) is 0 Å². The first-order chi connectivity index (χ1) is 9.22.